The topological polar surface area (TPSA) is 131 Å². The molecule has 1 unspecified atom stereocenters. The van der Waals surface area contributed by atoms with Crippen LogP contribution in [0.4, 0.5) is 0 Å². The van der Waals surface area contributed by atoms with Gasteiger partial charge in [-0.25, -0.2) is 13.0 Å². The second-order valence-corrected chi connectivity index (χ2v) is 8.71. The number of hydrogen-bond acceptors (Lipinski definition) is 7. The number of rotatable bonds is 11. The summed E-state index contributed by atoms with van der Waals surface area (Å²) in [6.45, 7) is 3.73. The van der Waals surface area contributed by atoms with Gasteiger partial charge in [0.05, 0.1) is 18.0 Å². The van der Waals surface area contributed by atoms with Crippen LogP contribution in [0.3, 0.4) is 0 Å². The van der Waals surface area contributed by atoms with Crippen molar-refractivity contribution in [1.29, 1.82) is 0 Å². The van der Waals surface area contributed by atoms with Crippen LogP contribution in [0.5, 0.6) is 0 Å². The highest BCUT2D eigenvalue weighted by Crippen LogP contribution is 2.39. The SMILES string of the molecule is CCCCOC(=O)CNCP(=O)(O)ONS(=O)(=O)c1ccc(C)cc1. The highest BCUT2D eigenvalue weighted by Gasteiger charge is 2.24. The van der Waals surface area contributed by atoms with Crippen molar-refractivity contribution in [2.24, 2.45) is 0 Å². The van der Waals surface area contributed by atoms with E-state index in [1.54, 1.807) is 23.9 Å². The summed E-state index contributed by atoms with van der Waals surface area (Å²) in [5, 5.41) is 2.39. The number of carbonyl (C=O) groups excluding carboxylic acids is 1. The van der Waals surface area contributed by atoms with E-state index in [0.717, 1.165) is 18.4 Å². The smallest absolute Gasteiger partial charge is 0.358 e. The summed E-state index contributed by atoms with van der Waals surface area (Å²) in [7, 11) is -8.41. The first-order valence-electron chi connectivity index (χ1n) is 7.61. The van der Waals surface area contributed by atoms with E-state index in [1.165, 1.54) is 12.1 Å². The summed E-state index contributed by atoms with van der Waals surface area (Å²) in [6.07, 6.45) is 0.988. The van der Waals surface area contributed by atoms with E-state index in [2.05, 4.69) is 9.94 Å². The lowest BCUT2D eigenvalue weighted by Crippen LogP contribution is -2.29. The van der Waals surface area contributed by atoms with Gasteiger partial charge in [-0.15, -0.1) is 0 Å². The summed E-state index contributed by atoms with van der Waals surface area (Å²) in [4.78, 5) is 22.4. The molecule has 0 aliphatic carbocycles. The van der Waals surface area contributed by atoms with E-state index in [0.29, 0.717) is 0 Å². The molecule has 0 amide bonds. The Balaban J connectivity index is 2.43. The molecule has 3 N–H and O–H groups in total. The first kappa shape index (κ1) is 21.8. The van der Waals surface area contributed by atoms with Gasteiger partial charge in [-0.05, 0) is 25.5 Å². The number of benzene rings is 1. The molecule has 1 aromatic carbocycles. The molecule has 1 atom stereocenters. The fourth-order valence-electron chi connectivity index (χ4n) is 1.59. The molecule has 0 aliphatic rings. The predicted molar refractivity (Wildman–Crippen MR) is 91.1 cm³/mol. The van der Waals surface area contributed by atoms with Crippen molar-refractivity contribution in [3.8, 4) is 0 Å². The fraction of sp³-hybridized carbons (Fsp3) is 0.500. The summed E-state index contributed by atoms with van der Waals surface area (Å²) < 4.78 is 45.0. The average molecular weight is 394 g/mol. The molecule has 0 aromatic heterocycles. The van der Waals surface area contributed by atoms with Gasteiger partial charge < -0.3 is 9.63 Å². The Labute approximate surface area is 147 Å². The molecule has 0 saturated heterocycles. The number of esters is 1. The number of carbonyl (C=O) groups is 1. The normalized spacial score (nSPS) is 14.0. The second kappa shape index (κ2) is 10.0. The van der Waals surface area contributed by atoms with Gasteiger partial charge >= 0.3 is 13.6 Å². The lowest BCUT2D eigenvalue weighted by atomic mass is 10.2. The molecule has 9 nitrogen and oxygen atoms in total. The molecule has 25 heavy (non-hydrogen) atoms. The van der Waals surface area contributed by atoms with Crippen molar-refractivity contribution in [3.63, 3.8) is 0 Å². The third-order valence-electron chi connectivity index (χ3n) is 2.96. The van der Waals surface area contributed by atoms with Crippen molar-refractivity contribution in [2.45, 2.75) is 31.6 Å². The standard InChI is InChI=1S/C14H23N2O7PS/c1-3-4-9-22-14(17)10-15-11-24(18,19)23-16-25(20,21)13-7-5-12(2)6-8-13/h5-8,15-16H,3-4,9-11H2,1-2H3,(H,18,19). The van der Waals surface area contributed by atoms with Crippen LogP contribution < -0.4 is 10.2 Å². The van der Waals surface area contributed by atoms with E-state index in [4.69, 9.17) is 4.74 Å². The van der Waals surface area contributed by atoms with Gasteiger partial charge in [-0.1, -0.05) is 35.9 Å². The number of hydrogen-bond donors (Lipinski definition) is 3. The first-order chi connectivity index (χ1) is 11.7. The third kappa shape index (κ3) is 8.57. The van der Waals surface area contributed by atoms with E-state index in [-0.39, 0.29) is 18.0 Å². The number of aryl methyl sites for hydroxylation is 1. The number of ether oxygens (including phenoxy) is 1. The van der Waals surface area contributed by atoms with Crippen LogP contribution in [-0.4, -0.2) is 38.7 Å². The maximum absolute atomic E-state index is 12.0. The van der Waals surface area contributed by atoms with Crippen LogP contribution in [-0.2, 0) is 28.7 Å². The van der Waals surface area contributed by atoms with Gasteiger partial charge in [-0.2, -0.15) is 0 Å². The third-order valence-corrected chi connectivity index (χ3v) is 5.28. The minimum atomic E-state index is -4.32. The maximum atomic E-state index is 12.0. The van der Waals surface area contributed by atoms with Gasteiger partial charge in [0.15, 0.2) is 0 Å². The van der Waals surface area contributed by atoms with Gasteiger partial charge in [-0.3, -0.25) is 14.7 Å². The van der Waals surface area contributed by atoms with Crippen molar-refractivity contribution in [2.75, 3.05) is 19.4 Å². The number of nitrogens with one attached hydrogen (secondary N) is 2. The number of sulfonamides is 1. The summed E-state index contributed by atoms with van der Waals surface area (Å²) in [6, 6.07) is 5.85. The lowest BCUT2D eigenvalue weighted by Gasteiger charge is -2.13. The molecule has 1 aromatic rings. The van der Waals surface area contributed by atoms with Gasteiger partial charge in [0, 0.05) is 0 Å². The second-order valence-electron chi connectivity index (χ2n) is 5.29. The Bertz CT molecular complexity index is 706. The van der Waals surface area contributed by atoms with Gasteiger partial charge in [0.1, 0.15) is 6.29 Å². The molecule has 11 heteroatoms. The Kier molecular flexibility index (Phi) is 8.70. The minimum Gasteiger partial charge on any atom is -0.465 e. The Morgan fingerprint density at radius 3 is 2.52 bits per heavy atom. The average Bonchev–Trinajstić information content (AvgIpc) is 2.54. The molecule has 0 spiro atoms. The van der Waals surface area contributed by atoms with E-state index in [9.17, 15) is 22.7 Å². The molecule has 0 saturated carbocycles. The van der Waals surface area contributed by atoms with Crippen LogP contribution in [0.2, 0.25) is 0 Å². The highest BCUT2D eigenvalue weighted by atomic mass is 32.2. The van der Waals surface area contributed by atoms with Crippen LogP contribution in [0, 0.1) is 6.92 Å². The first-order valence-corrected chi connectivity index (χ1v) is 10.9. The molecule has 0 bridgehead atoms. The van der Waals surface area contributed by atoms with Crippen molar-refractivity contribution < 1.29 is 32.0 Å². The largest absolute Gasteiger partial charge is 0.465 e. The van der Waals surface area contributed by atoms with Crippen LogP contribution in [0.1, 0.15) is 25.3 Å². The Morgan fingerprint density at radius 1 is 1.28 bits per heavy atom. The molecular weight excluding hydrogens is 371 g/mol. The molecule has 0 aliphatic heterocycles. The van der Waals surface area contributed by atoms with E-state index in [1.807, 2.05) is 6.92 Å². The van der Waals surface area contributed by atoms with Crippen molar-refractivity contribution in [3.05, 3.63) is 29.8 Å². The lowest BCUT2D eigenvalue weighted by molar-refractivity contribution is -0.142. The van der Waals surface area contributed by atoms with Crippen molar-refractivity contribution in [1.82, 2.24) is 10.2 Å². The Hall–Kier alpha value is -1.29. The molecule has 0 radical (unpaired) electrons. The zero-order valence-corrected chi connectivity index (χ0v) is 15.8. The minimum absolute atomic E-state index is 0.106. The molecule has 142 valence electrons. The quantitative estimate of drug-likeness (QED) is 0.221. The maximum Gasteiger partial charge on any atom is 0.358 e. The summed E-state index contributed by atoms with van der Waals surface area (Å²) >= 11 is 0. The monoisotopic (exact) mass is 394 g/mol. The molecule has 0 heterocycles. The van der Waals surface area contributed by atoms with E-state index < -0.39 is 29.9 Å². The highest BCUT2D eigenvalue weighted by molar-refractivity contribution is 7.89. The molecular formula is C14H23N2O7PS. The summed E-state index contributed by atoms with van der Waals surface area (Å²) in [5.41, 5.74) is 0.864. The summed E-state index contributed by atoms with van der Waals surface area (Å²) in [5.74, 6) is -0.575. The van der Waals surface area contributed by atoms with E-state index >= 15 is 0 Å². The van der Waals surface area contributed by atoms with Crippen LogP contribution in [0.15, 0.2) is 29.2 Å². The molecule has 1 rings (SSSR count). The van der Waals surface area contributed by atoms with Gasteiger partial charge in [0.25, 0.3) is 10.0 Å². The zero-order chi connectivity index (χ0) is 18.9. The predicted octanol–water partition coefficient (Wildman–Crippen LogP) is 1.28. The van der Waals surface area contributed by atoms with Crippen molar-refractivity contribution >= 4 is 23.6 Å². The van der Waals surface area contributed by atoms with Crippen LogP contribution >= 0.6 is 7.60 Å². The Morgan fingerprint density at radius 2 is 1.92 bits per heavy atom. The van der Waals surface area contributed by atoms with Gasteiger partial charge in [0.2, 0.25) is 0 Å². The zero-order valence-electron chi connectivity index (χ0n) is 14.1. The molecule has 0 fully saturated rings. The fourth-order valence-corrected chi connectivity index (χ4v) is 3.49. The number of unbranched alkanes of at least 4 members (excludes halogenated alkanes) is 1. The van der Waals surface area contributed by atoms with Crippen LogP contribution in [0.25, 0.3) is 0 Å².